The van der Waals surface area contributed by atoms with Crippen LogP contribution in [0.15, 0.2) is 18.2 Å². The van der Waals surface area contributed by atoms with Gasteiger partial charge in [-0.05, 0) is 52.4 Å². The summed E-state index contributed by atoms with van der Waals surface area (Å²) in [4.78, 5) is 22.9. The molecule has 1 N–H and O–H groups in total. The fourth-order valence-corrected chi connectivity index (χ4v) is 3.14. The largest absolute Gasteiger partial charge is 0.308 e. The van der Waals surface area contributed by atoms with Gasteiger partial charge in [0.05, 0.1) is 23.5 Å². The van der Waals surface area contributed by atoms with Gasteiger partial charge in [0.15, 0.2) is 5.69 Å². The summed E-state index contributed by atoms with van der Waals surface area (Å²) in [6.07, 6.45) is 3.36. The van der Waals surface area contributed by atoms with E-state index in [1.54, 1.807) is 6.07 Å². The van der Waals surface area contributed by atoms with Gasteiger partial charge in [0.2, 0.25) is 11.9 Å². The summed E-state index contributed by atoms with van der Waals surface area (Å²) in [6, 6.07) is 5.99. The Balaban J connectivity index is 1.95. The normalized spacial score (nSPS) is 17.1. The summed E-state index contributed by atoms with van der Waals surface area (Å²) in [5.41, 5.74) is 2.35. The van der Waals surface area contributed by atoms with Crippen molar-refractivity contribution in [2.45, 2.75) is 45.2 Å². The third-order valence-electron chi connectivity index (χ3n) is 5.43. The van der Waals surface area contributed by atoms with Crippen molar-refractivity contribution in [1.29, 1.82) is 0 Å². The molecule has 1 aromatic carbocycles. The number of imidazole rings is 1. The van der Waals surface area contributed by atoms with Gasteiger partial charge >= 0.3 is 0 Å². The Kier molecular flexibility index (Phi) is 4.78. The average molecular weight is 339 g/mol. The van der Waals surface area contributed by atoms with Crippen LogP contribution in [0.2, 0.25) is 0 Å². The zero-order chi connectivity index (χ0) is 18.1. The number of carbonyl (C=O) groups excluding carboxylic acids is 1. The molecule has 1 aliphatic carbocycles. The van der Waals surface area contributed by atoms with Crippen LogP contribution in [-0.4, -0.2) is 40.5 Å². The van der Waals surface area contributed by atoms with Gasteiger partial charge in [-0.1, -0.05) is 13.0 Å². The van der Waals surface area contributed by atoms with E-state index in [-0.39, 0.29) is 17.9 Å². The van der Waals surface area contributed by atoms with Crippen LogP contribution in [0.4, 0.5) is 11.6 Å². The number of hydrogen-bond acceptors (Lipinski definition) is 3. The highest BCUT2D eigenvalue weighted by atomic mass is 16.2. The summed E-state index contributed by atoms with van der Waals surface area (Å²) >= 11 is 0. The van der Waals surface area contributed by atoms with Gasteiger partial charge in [-0.2, -0.15) is 0 Å². The quantitative estimate of drug-likeness (QED) is 0.842. The van der Waals surface area contributed by atoms with Gasteiger partial charge in [-0.25, -0.2) is 9.83 Å². The van der Waals surface area contributed by atoms with Crippen molar-refractivity contribution >= 4 is 28.6 Å². The van der Waals surface area contributed by atoms with E-state index in [0.29, 0.717) is 17.7 Å². The van der Waals surface area contributed by atoms with E-state index >= 15 is 0 Å². The third kappa shape index (κ3) is 3.24. The lowest BCUT2D eigenvalue weighted by atomic mass is 9.92. The molecule has 1 amide bonds. The van der Waals surface area contributed by atoms with Gasteiger partial charge < -0.3 is 9.47 Å². The van der Waals surface area contributed by atoms with E-state index in [1.807, 2.05) is 45.0 Å². The standard InChI is InChI=1S/C19H25N5O/c1-12(13(2)23(4)5)18(25)22-19-21-16-10-9-14(20-3)11-17(16)24(19)15-7-6-8-15/h9-13,15H,6-8H2,1-2,4-5H3,(H,21,22,25)/t12-,13?/m0/s1. The van der Waals surface area contributed by atoms with Crippen LogP contribution in [-0.2, 0) is 4.79 Å². The first kappa shape index (κ1) is 17.4. The number of amides is 1. The smallest absolute Gasteiger partial charge is 0.231 e. The van der Waals surface area contributed by atoms with Crippen LogP contribution in [0.3, 0.4) is 0 Å². The van der Waals surface area contributed by atoms with Crippen molar-refractivity contribution in [2.75, 3.05) is 19.4 Å². The molecule has 1 heterocycles. The summed E-state index contributed by atoms with van der Waals surface area (Å²) in [5, 5.41) is 3.03. The highest BCUT2D eigenvalue weighted by Crippen LogP contribution is 2.38. The Morgan fingerprint density at radius 3 is 2.68 bits per heavy atom. The monoisotopic (exact) mass is 339 g/mol. The Morgan fingerprint density at radius 2 is 2.12 bits per heavy atom. The molecule has 2 aromatic rings. The molecule has 3 rings (SSSR count). The van der Waals surface area contributed by atoms with E-state index in [2.05, 4.69) is 19.7 Å². The first-order chi connectivity index (χ1) is 11.9. The van der Waals surface area contributed by atoms with E-state index in [9.17, 15) is 4.79 Å². The first-order valence-corrected chi connectivity index (χ1v) is 8.79. The molecule has 132 valence electrons. The number of rotatable bonds is 5. The zero-order valence-electron chi connectivity index (χ0n) is 15.3. The Bertz CT molecular complexity index is 828. The fourth-order valence-electron chi connectivity index (χ4n) is 3.14. The molecule has 1 aliphatic rings. The number of nitrogens with one attached hydrogen (secondary N) is 1. The second-order valence-electron chi connectivity index (χ2n) is 7.16. The molecule has 1 unspecified atom stereocenters. The predicted octanol–water partition coefficient (Wildman–Crippen LogP) is 3.84. The number of hydrogen-bond donors (Lipinski definition) is 1. The molecule has 0 bridgehead atoms. The van der Waals surface area contributed by atoms with Crippen LogP contribution in [0.5, 0.6) is 0 Å². The van der Waals surface area contributed by atoms with Gasteiger partial charge in [-0.3, -0.25) is 10.1 Å². The fraction of sp³-hybridized carbons (Fsp3) is 0.526. The Hall–Kier alpha value is -2.39. The topological polar surface area (TPSA) is 54.5 Å². The maximum atomic E-state index is 12.7. The van der Waals surface area contributed by atoms with Crippen molar-refractivity contribution in [3.63, 3.8) is 0 Å². The maximum absolute atomic E-state index is 12.7. The number of fused-ring (bicyclic) bond motifs is 1. The number of aromatic nitrogens is 2. The number of anilines is 1. The van der Waals surface area contributed by atoms with Gasteiger partial charge in [-0.15, -0.1) is 0 Å². The molecule has 0 aliphatic heterocycles. The highest BCUT2D eigenvalue weighted by molar-refractivity contribution is 5.93. The van der Waals surface area contributed by atoms with Gasteiger partial charge in [0, 0.05) is 12.1 Å². The summed E-state index contributed by atoms with van der Waals surface area (Å²) in [5.74, 6) is 0.426. The van der Waals surface area contributed by atoms with Crippen LogP contribution >= 0.6 is 0 Å². The number of nitrogens with zero attached hydrogens (tertiary/aromatic N) is 4. The van der Waals surface area contributed by atoms with E-state index < -0.39 is 0 Å². The molecular formula is C19H25N5O. The van der Waals surface area contributed by atoms with Crippen molar-refractivity contribution in [2.24, 2.45) is 5.92 Å². The van der Waals surface area contributed by atoms with Crippen molar-refractivity contribution < 1.29 is 4.79 Å². The molecule has 2 atom stereocenters. The van der Waals surface area contributed by atoms with Crippen LogP contribution < -0.4 is 5.32 Å². The second kappa shape index (κ2) is 6.85. The lowest BCUT2D eigenvalue weighted by Gasteiger charge is -2.30. The van der Waals surface area contributed by atoms with Gasteiger partial charge in [0.1, 0.15) is 0 Å². The lowest BCUT2D eigenvalue weighted by Crippen LogP contribution is -2.38. The molecule has 0 saturated heterocycles. The predicted molar refractivity (Wildman–Crippen MR) is 99.8 cm³/mol. The van der Waals surface area contributed by atoms with Gasteiger partial charge in [0.25, 0.3) is 0 Å². The number of benzene rings is 1. The van der Waals surface area contributed by atoms with E-state index in [0.717, 1.165) is 23.9 Å². The number of carbonyl (C=O) groups is 1. The zero-order valence-corrected chi connectivity index (χ0v) is 15.3. The molecular weight excluding hydrogens is 314 g/mol. The molecule has 6 heteroatoms. The molecule has 1 saturated carbocycles. The molecule has 1 fully saturated rings. The van der Waals surface area contributed by atoms with E-state index in [4.69, 9.17) is 6.57 Å². The minimum Gasteiger partial charge on any atom is -0.308 e. The molecule has 0 radical (unpaired) electrons. The van der Waals surface area contributed by atoms with Crippen LogP contribution in [0, 0.1) is 12.5 Å². The maximum Gasteiger partial charge on any atom is 0.231 e. The third-order valence-corrected chi connectivity index (χ3v) is 5.43. The molecule has 1 aromatic heterocycles. The SMILES string of the molecule is [C-]#[N+]c1ccc2nc(NC(=O)[C@@H](C)C(C)N(C)C)n(C3CCC3)c2c1. The Labute approximate surface area is 148 Å². The van der Waals surface area contributed by atoms with Crippen LogP contribution in [0.25, 0.3) is 15.9 Å². The molecule has 0 spiro atoms. The minimum atomic E-state index is -0.150. The second-order valence-corrected chi connectivity index (χ2v) is 7.16. The average Bonchev–Trinajstić information content (AvgIpc) is 2.89. The molecule has 6 nitrogen and oxygen atoms in total. The molecule has 25 heavy (non-hydrogen) atoms. The highest BCUT2D eigenvalue weighted by Gasteiger charge is 2.28. The lowest BCUT2D eigenvalue weighted by molar-refractivity contribution is -0.121. The van der Waals surface area contributed by atoms with Crippen molar-refractivity contribution in [3.8, 4) is 0 Å². The summed E-state index contributed by atoms with van der Waals surface area (Å²) < 4.78 is 2.11. The van der Waals surface area contributed by atoms with Crippen LogP contribution in [0.1, 0.15) is 39.2 Å². The minimum absolute atomic E-state index is 0.0255. The Morgan fingerprint density at radius 1 is 1.40 bits per heavy atom. The summed E-state index contributed by atoms with van der Waals surface area (Å²) in [6.45, 7) is 11.2. The van der Waals surface area contributed by atoms with E-state index in [1.165, 1.54) is 6.42 Å². The first-order valence-electron chi connectivity index (χ1n) is 8.79. The summed E-state index contributed by atoms with van der Waals surface area (Å²) in [7, 11) is 3.95. The van der Waals surface area contributed by atoms with Crippen molar-refractivity contribution in [1.82, 2.24) is 14.5 Å². The van der Waals surface area contributed by atoms with Crippen molar-refractivity contribution in [3.05, 3.63) is 29.6 Å².